The number of aryl methyl sites for hydroxylation is 1. The Labute approximate surface area is 167 Å². The second kappa shape index (κ2) is 7.11. The van der Waals surface area contributed by atoms with Gasteiger partial charge in [0.2, 0.25) is 0 Å². The van der Waals surface area contributed by atoms with Gasteiger partial charge in [-0.3, -0.25) is 0 Å². The van der Waals surface area contributed by atoms with Crippen molar-refractivity contribution in [2.75, 3.05) is 6.26 Å². The summed E-state index contributed by atoms with van der Waals surface area (Å²) in [6.45, 7) is 1.91. The van der Waals surface area contributed by atoms with Crippen molar-refractivity contribution in [3.8, 4) is 11.1 Å². The average molecular weight is 412 g/mol. The molecule has 0 saturated heterocycles. The third-order valence-corrected chi connectivity index (χ3v) is 7.27. The molecule has 4 rings (SSSR count). The Morgan fingerprint density at radius 1 is 0.929 bits per heavy atom. The van der Waals surface area contributed by atoms with Gasteiger partial charge < -0.3 is 0 Å². The van der Waals surface area contributed by atoms with E-state index in [2.05, 4.69) is 0 Å². The summed E-state index contributed by atoms with van der Waals surface area (Å²) < 4.78 is 42.3. The minimum atomic E-state index is -3.82. The molecule has 0 N–H and O–H groups in total. The second-order valence-corrected chi connectivity index (χ2v) is 9.08. The number of benzene rings is 3. The predicted molar refractivity (Wildman–Crippen MR) is 113 cm³/mol. The molecule has 0 bridgehead atoms. The van der Waals surface area contributed by atoms with E-state index >= 15 is 0 Å². The Hall–Kier alpha value is -2.57. The quantitative estimate of drug-likeness (QED) is 0.404. The number of rotatable bonds is 4. The Kier molecular flexibility index (Phi) is 4.77. The molecule has 28 heavy (non-hydrogen) atoms. The highest BCUT2D eigenvalue weighted by Crippen LogP contribution is 2.41. The van der Waals surface area contributed by atoms with Crippen LogP contribution in [0.25, 0.3) is 22.0 Å². The molecule has 0 aliphatic carbocycles. The van der Waals surface area contributed by atoms with Crippen molar-refractivity contribution in [3.05, 3.63) is 84.2 Å². The van der Waals surface area contributed by atoms with Crippen molar-refractivity contribution < 1.29 is 12.8 Å². The van der Waals surface area contributed by atoms with Gasteiger partial charge in [0.15, 0.2) is 0 Å². The molecule has 4 aromatic rings. The predicted octanol–water partition coefficient (Wildman–Crippen LogP) is 5.71. The molecular weight excluding hydrogens is 393 g/mol. The number of para-hydroxylation sites is 1. The number of fused-ring (bicyclic) bond motifs is 1. The van der Waals surface area contributed by atoms with Gasteiger partial charge in [0.25, 0.3) is 10.0 Å². The molecule has 0 fully saturated rings. The van der Waals surface area contributed by atoms with Crippen molar-refractivity contribution in [3.63, 3.8) is 0 Å². The number of thioether (sulfide) groups is 1. The molecule has 0 aliphatic heterocycles. The Bertz CT molecular complexity index is 1280. The molecule has 1 heterocycles. The first-order chi connectivity index (χ1) is 13.4. The summed E-state index contributed by atoms with van der Waals surface area (Å²) in [6, 6.07) is 20.4. The minimum absolute atomic E-state index is 0.222. The van der Waals surface area contributed by atoms with E-state index < -0.39 is 10.0 Å². The molecule has 0 saturated carbocycles. The van der Waals surface area contributed by atoms with Crippen LogP contribution < -0.4 is 0 Å². The van der Waals surface area contributed by atoms with E-state index in [0.29, 0.717) is 16.1 Å². The Balaban J connectivity index is 2.09. The maximum absolute atomic E-state index is 13.9. The van der Waals surface area contributed by atoms with Crippen LogP contribution in [0.4, 0.5) is 4.39 Å². The molecule has 0 unspecified atom stereocenters. The van der Waals surface area contributed by atoms with Gasteiger partial charge in [-0.2, -0.15) is 0 Å². The van der Waals surface area contributed by atoms with Gasteiger partial charge in [-0.05, 0) is 49.1 Å². The fourth-order valence-corrected chi connectivity index (χ4v) is 5.98. The molecule has 0 radical (unpaired) electrons. The van der Waals surface area contributed by atoms with Crippen molar-refractivity contribution in [1.29, 1.82) is 0 Å². The van der Waals surface area contributed by atoms with Crippen molar-refractivity contribution in [2.45, 2.75) is 16.8 Å². The highest BCUT2D eigenvalue weighted by molar-refractivity contribution is 7.99. The first-order valence-electron chi connectivity index (χ1n) is 8.69. The van der Waals surface area contributed by atoms with Gasteiger partial charge in [0.05, 0.1) is 15.4 Å². The number of halogens is 1. The van der Waals surface area contributed by atoms with Crippen molar-refractivity contribution in [1.82, 2.24) is 3.97 Å². The average Bonchev–Trinajstić information content (AvgIpc) is 3.03. The summed E-state index contributed by atoms with van der Waals surface area (Å²) in [5.74, 6) is -0.359. The molecule has 0 aliphatic rings. The molecule has 1 aromatic heterocycles. The largest absolute Gasteiger partial charge is 0.269 e. The van der Waals surface area contributed by atoms with Crippen LogP contribution in [0.5, 0.6) is 0 Å². The van der Waals surface area contributed by atoms with Gasteiger partial charge in [-0.25, -0.2) is 16.8 Å². The van der Waals surface area contributed by atoms with Crippen LogP contribution in [0.2, 0.25) is 0 Å². The smallest absolute Gasteiger partial charge is 0.227 e. The molecule has 3 aromatic carbocycles. The highest BCUT2D eigenvalue weighted by atomic mass is 32.2. The fraction of sp³-hybridized carbons (Fsp3) is 0.0909. The van der Waals surface area contributed by atoms with E-state index in [1.54, 1.807) is 42.5 Å². The number of nitrogens with zero attached hydrogens (tertiary/aromatic N) is 1. The summed E-state index contributed by atoms with van der Waals surface area (Å²) in [5.41, 5.74) is 2.94. The van der Waals surface area contributed by atoms with Gasteiger partial charge in [0.1, 0.15) is 5.82 Å². The zero-order valence-electron chi connectivity index (χ0n) is 15.4. The lowest BCUT2D eigenvalue weighted by molar-refractivity contribution is 0.585. The van der Waals surface area contributed by atoms with Crippen molar-refractivity contribution >= 4 is 32.7 Å². The summed E-state index contributed by atoms with van der Waals surface area (Å²) in [6.07, 6.45) is 1.83. The lowest BCUT2D eigenvalue weighted by Crippen LogP contribution is -2.14. The SMILES string of the molecule is CSc1c(-c2cccc(F)c2)c2ccccc2n1S(=O)(=O)c1ccc(C)cc1. The van der Waals surface area contributed by atoms with Crippen LogP contribution in [0.3, 0.4) is 0 Å². The molecular formula is C22H18FNO2S2. The molecule has 0 amide bonds. The van der Waals surface area contributed by atoms with Gasteiger partial charge in [0, 0.05) is 10.9 Å². The van der Waals surface area contributed by atoms with E-state index in [1.807, 2.05) is 31.4 Å². The summed E-state index contributed by atoms with van der Waals surface area (Å²) in [4.78, 5) is 0.222. The maximum atomic E-state index is 13.9. The monoisotopic (exact) mass is 411 g/mol. The fourth-order valence-electron chi connectivity index (χ4n) is 3.35. The number of hydrogen-bond donors (Lipinski definition) is 0. The van der Waals surface area contributed by atoms with Crippen LogP contribution in [0.15, 0.2) is 82.7 Å². The van der Waals surface area contributed by atoms with Gasteiger partial charge >= 0.3 is 0 Å². The van der Waals surface area contributed by atoms with Crippen LogP contribution in [0.1, 0.15) is 5.56 Å². The standard InChI is InChI=1S/C22H18FNO2S2/c1-15-10-12-18(13-11-15)28(25,26)24-20-9-4-3-8-19(20)21(22(24)27-2)16-6-5-7-17(23)14-16/h3-14H,1-2H3. The number of hydrogen-bond acceptors (Lipinski definition) is 3. The lowest BCUT2D eigenvalue weighted by atomic mass is 10.0. The summed E-state index contributed by atoms with van der Waals surface area (Å²) >= 11 is 1.33. The van der Waals surface area contributed by atoms with E-state index in [4.69, 9.17) is 0 Å². The second-order valence-electron chi connectivity index (χ2n) is 6.49. The van der Waals surface area contributed by atoms with Crippen LogP contribution in [0, 0.1) is 12.7 Å². The summed E-state index contributed by atoms with van der Waals surface area (Å²) in [5, 5.41) is 1.33. The maximum Gasteiger partial charge on any atom is 0.269 e. The molecule has 0 spiro atoms. The molecule has 6 heteroatoms. The van der Waals surface area contributed by atoms with E-state index in [1.165, 1.54) is 27.9 Å². The van der Waals surface area contributed by atoms with E-state index in [-0.39, 0.29) is 10.7 Å². The van der Waals surface area contributed by atoms with Crippen LogP contribution in [-0.4, -0.2) is 18.6 Å². The van der Waals surface area contributed by atoms with Gasteiger partial charge in [-0.15, -0.1) is 11.8 Å². The van der Waals surface area contributed by atoms with Crippen molar-refractivity contribution in [2.24, 2.45) is 0 Å². The Morgan fingerprint density at radius 2 is 1.64 bits per heavy atom. The topological polar surface area (TPSA) is 39.1 Å². The zero-order valence-corrected chi connectivity index (χ0v) is 17.0. The first-order valence-corrected chi connectivity index (χ1v) is 11.4. The van der Waals surface area contributed by atoms with Crippen LogP contribution >= 0.6 is 11.8 Å². The molecule has 0 atom stereocenters. The highest BCUT2D eigenvalue weighted by Gasteiger charge is 2.27. The third-order valence-electron chi connectivity index (χ3n) is 4.66. The molecule has 142 valence electrons. The lowest BCUT2D eigenvalue weighted by Gasteiger charge is -2.12. The number of aromatic nitrogens is 1. The van der Waals surface area contributed by atoms with Gasteiger partial charge in [-0.1, -0.05) is 48.0 Å². The summed E-state index contributed by atoms with van der Waals surface area (Å²) in [7, 11) is -3.82. The minimum Gasteiger partial charge on any atom is -0.227 e. The third kappa shape index (κ3) is 3.02. The first kappa shape index (κ1) is 18.8. The van der Waals surface area contributed by atoms with Crippen LogP contribution in [-0.2, 0) is 10.0 Å². The van der Waals surface area contributed by atoms with E-state index in [9.17, 15) is 12.8 Å². The zero-order chi connectivity index (χ0) is 19.9. The Morgan fingerprint density at radius 3 is 2.32 bits per heavy atom. The van der Waals surface area contributed by atoms with E-state index in [0.717, 1.165) is 16.5 Å². The normalized spacial score (nSPS) is 11.8. The molecule has 3 nitrogen and oxygen atoms in total.